The summed E-state index contributed by atoms with van der Waals surface area (Å²) in [6, 6.07) is 1.44. The standard InChI is InChI=1S/C16H34N2S/c1-6-13(3)15-12-18(9-8-10-19-5)16(11-17-15)14(4)7-2/h13-17H,6-12H2,1-5H3. The first-order chi connectivity index (χ1) is 9.13. The van der Waals surface area contributed by atoms with E-state index in [-0.39, 0.29) is 0 Å². The van der Waals surface area contributed by atoms with Crippen LogP contribution < -0.4 is 5.32 Å². The average Bonchev–Trinajstić information content (AvgIpc) is 2.45. The lowest BCUT2D eigenvalue weighted by Crippen LogP contribution is -2.60. The van der Waals surface area contributed by atoms with Crippen molar-refractivity contribution in [2.45, 2.75) is 59.0 Å². The van der Waals surface area contributed by atoms with Crippen molar-refractivity contribution in [3.8, 4) is 0 Å². The molecule has 1 aliphatic rings. The molecular formula is C16H34N2S. The van der Waals surface area contributed by atoms with Crippen molar-refractivity contribution in [3.05, 3.63) is 0 Å². The molecule has 114 valence electrons. The SMILES string of the molecule is CCC(C)C1CN(CCCSC)C(C(C)CC)CN1. The number of rotatable bonds is 8. The second-order valence-electron chi connectivity index (χ2n) is 6.19. The number of hydrogen-bond acceptors (Lipinski definition) is 3. The lowest BCUT2D eigenvalue weighted by atomic mass is 9.90. The Bertz CT molecular complexity index is 235. The molecule has 3 heteroatoms. The van der Waals surface area contributed by atoms with Gasteiger partial charge in [-0.25, -0.2) is 0 Å². The first-order valence-corrected chi connectivity index (χ1v) is 9.49. The summed E-state index contributed by atoms with van der Waals surface area (Å²) in [4.78, 5) is 2.78. The van der Waals surface area contributed by atoms with E-state index in [1.807, 2.05) is 11.8 Å². The van der Waals surface area contributed by atoms with Gasteiger partial charge in [0.2, 0.25) is 0 Å². The van der Waals surface area contributed by atoms with Crippen LogP contribution in [0.1, 0.15) is 47.0 Å². The molecule has 1 N–H and O–H groups in total. The Hall–Kier alpha value is 0.270. The number of hydrogen-bond donors (Lipinski definition) is 1. The van der Waals surface area contributed by atoms with Gasteiger partial charge in [-0.2, -0.15) is 11.8 Å². The molecule has 1 rings (SSSR count). The van der Waals surface area contributed by atoms with Gasteiger partial charge in [-0.1, -0.05) is 40.5 Å². The molecule has 1 fully saturated rings. The molecule has 0 aliphatic carbocycles. The van der Waals surface area contributed by atoms with Gasteiger partial charge >= 0.3 is 0 Å². The van der Waals surface area contributed by atoms with Gasteiger partial charge < -0.3 is 5.32 Å². The maximum Gasteiger partial charge on any atom is 0.0246 e. The molecule has 4 unspecified atom stereocenters. The van der Waals surface area contributed by atoms with Crippen LogP contribution in [0.3, 0.4) is 0 Å². The molecule has 0 aromatic rings. The van der Waals surface area contributed by atoms with Crippen LogP contribution in [0.5, 0.6) is 0 Å². The zero-order valence-corrected chi connectivity index (χ0v) is 14.4. The topological polar surface area (TPSA) is 15.3 Å². The lowest BCUT2D eigenvalue weighted by molar-refractivity contribution is 0.0764. The van der Waals surface area contributed by atoms with Crippen LogP contribution in [-0.2, 0) is 0 Å². The maximum absolute atomic E-state index is 3.81. The Balaban J connectivity index is 2.57. The quantitative estimate of drug-likeness (QED) is 0.688. The molecule has 1 aliphatic heterocycles. The third-order valence-electron chi connectivity index (χ3n) is 4.91. The third kappa shape index (κ3) is 5.28. The number of nitrogens with zero attached hydrogens (tertiary/aromatic N) is 1. The van der Waals surface area contributed by atoms with E-state index in [0.717, 1.165) is 17.9 Å². The van der Waals surface area contributed by atoms with Crippen LogP contribution in [0.2, 0.25) is 0 Å². The van der Waals surface area contributed by atoms with Crippen molar-refractivity contribution in [2.24, 2.45) is 11.8 Å². The van der Waals surface area contributed by atoms with Crippen LogP contribution in [0.15, 0.2) is 0 Å². The van der Waals surface area contributed by atoms with E-state index < -0.39 is 0 Å². The highest BCUT2D eigenvalue weighted by Crippen LogP contribution is 2.22. The van der Waals surface area contributed by atoms with Crippen molar-refractivity contribution < 1.29 is 0 Å². The van der Waals surface area contributed by atoms with Crippen LogP contribution in [0.4, 0.5) is 0 Å². The minimum Gasteiger partial charge on any atom is -0.311 e. The van der Waals surface area contributed by atoms with Gasteiger partial charge in [-0.3, -0.25) is 4.90 Å². The fourth-order valence-corrected chi connectivity index (χ4v) is 3.44. The van der Waals surface area contributed by atoms with Crippen molar-refractivity contribution >= 4 is 11.8 Å². The van der Waals surface area contributed by atoms with Crippen LogP contribution >= 0.6 is 11.8 Å². The van der Waals surface area contributed by atoms with Gasteiger partial charge in [-0.05, 0) is 36.8 Å². The molecule has 1 saturated heterocycles. The number of nitrogens with one attached hydrogen (secondary N) is 1. The summed E-state index contributed by atoms with van der Waals surface area (Å²) in [6.07, 6.45) is 6.12. The minimum absolute atomic E-state index is 0.694. The van der Waals surface area contributed by atoms with Crippen molar-refractivity contribution in [1.82, 2.24) is 10.2 Å². The predicted molar refractivity (Wildman–Crippen MR) is 89.1 cm³/mol. The van der Waals surface area contributed by atoms with E-state index in [4.69, 9.17) is 0 Å². The predicted octanol–water partition coefficient (Wildman–Crippen LogP) is 3.47. The van der Waals surface area contributed by atoms with Gasteiger partial charge in [0, 0.05) is 25.2 Å². The highest BCUT2D eigenvalue weighted by atomic mass is 32.2. The summed E-state index contributed by atoms with van der Waals surface area (Å²) in [5.41, 5.74) is 0. The van der Waals surface area contributed by atoms with Crippen molar-refractivity contribution in [1.29, 1.82) is 0 Å². The summed E-state index contributed by atoms with van der Waals surface area (Å²) in [7, 11) is 0. The Morgan fingerprint density at radius 3 is 2.47 bits per heavy atom. The number of piperazine rings is 1. The van der Waals surface area contributed by atoms with Gasteiger partial charge in [-0.15, -0.1) is 0 Å². The summed E-state index contributed by atoms with van der Waals surface area (Å²) in [6.45, 7) is 13.2. The highest BCUT2D eigenvalue weighted by Gasteiger charge is 2.31. The third-order valence-corrected chi connectivity index (χ3v) is 5.61. The summed E-state index contributed by atoms with van der Waals surface area (Å²) >= 11 is 1.97. The van der Waals surface area contributed by atoms with Gasteiger partial charge in [0.05, 0.1) is 0 Å². The molecule has 0 saturated carbocycles. The van der Waals surface area contributed by atoms with Gasteiger partial charge in [0.15, 0.2) is 0 Å². The van der Waals surface area contributed by atoms with Gasteiger partial charge in [0.25, 0.3) is 0 Å². The molecule has 0 spiro atoms. The largest absolute Gasteiger partial charge is 0.311 e. The number of thioether (sulfide) groups is 1. The first kappa shape index (κ1) is 17.3. The monoisotopic (exact) mass is 286 g/mol. The molecule has 1 heterocycles. The molecular weight excluding hydrogens is 252 g/mol. The van der Waals surface area contributed by atoms with Crippen molar-refractivity contribution in [3.63, 3.8) is 0 Å². The van der Waals surface area contributed by atoms with Crippen LogP contribution in [0.25, 0.3) is 0 Å². The van der Waals surface area contributed by atoms with Crippen LogP contribution in [0, 0.1) is 11.8 Å². The molecule has 2 nitrogen and oxygen atoms in total. The molecule has 0 radical (unpaired) electrons. The second-order valence-corrected chi connectivity index (χ2v) is 7.18. The average molecular weight is 287 g/mol. The van der Waals surface area contributed by atoms with E-state index in [1.54, 1.807) is 0 Å². The van der Waals surface area contributed by atoms with Crippen LogP contribution in [-0.4, -0.2) is 48.6 Å². The van der Waals surface area contributed by atoms with E-state index >= 15 is 0 Å². The van der Waals surface area contributed by atoms with E-state index in [2.05, 4.69) is 44.2 Å². The Kier molecular flexibility index (Phi) is 8.43. The van der Waals surface area contributed by atoms with Crippen molar-refractivity contribution in [2.75, 3.05) is 31.6 Å². The molecule has 19 heavy (non-hydrogen) atoms. The Morgan fingerprint density at radius 1 is 1.21 bits per heavy atom. The lowest BCUT2D eigenvalue weighted by Gasteiger charge is -2.44. The fourth-order valence-electron chi connectivity index (χ4n) is 3.02. The van der Waals surface area contributed by atoms with E-state index in [9.17, 15) is 0 Å². The highest BCUT2D eigenvalue weighted by molar-refractivity contribution is 7.98. The molecule has 0 aromatic carbocycles. The Morgan fingerprint density at radius 2 is 1.89 bits per heavy atom. The second kappa shape index (κ2) is 9.25. The maximum atomic E-state index is 3.81. The summed E-state index contributed by atoms with van der Waals surface area (Å²) in [5, 5.41) is 3.81. The molecule has 0 bridgehead atoms. The molecule has 4 atom stereocenters. The zero-order valence-electron chi connectivity index (χ0n) is 13.6. The first-order valence-electron chi connectivity index (χ1n) is 8.10. The smallest absolute Gasteiger partial charge is 0.0246 e. The minimum atomic E-state index is 0.694. The normalized spacial score (nSPS) is 28.3. The summed E-state index contributed by atoms with van der Waals surface area (Å²) in [5.74, 6) is 2.89. The van der Waals surface area contributed by atoms with E-state index in [1.165, 1.54) is 44.6 Å². The van der Waals surface area contributed by atoms with E-state index in [0.29, 0.717) is 6.04 Å². The molecule has 0 aromatic heterocycles. The fraction of sp³-hybridized carbons (Fsp3) is 1.00. The zero-order chi connectivity index (χ0) is 14.3. The summed E-state index contributed by atoms with van der Waals surface area (Å²) < 4.78 is 0. The van der Waals surface area contributed by atoms with Gasteiger partial charge in [0.1, 0.15) is 0 Å². The Labute approximate surface area is 125 Å². The molecule has 0 amide bonds.